The summed E-state index contributed by atoms with van der Waals surface area (Å²) in [5, 5.41) is -0.334. The van der Waals surface area contributed by atoms with E-state index in [1.54, 1.807) is 0 Å². The normalized spacial score (nSPS) is 13.4. The van der Waals surface area contributed by atoms with E-state index in [0.29, 0.717) is 0 Å². The molecule has 0 aliphatic rings. The molecule has 0 saturated carbocycles. The second-order valence-corrected chi connectivity index (χ2v) is 4.49. The van der Waals surface area contributed by atoms with E-state index in [9.17, 15) is 13.6 Å². The topological polar surface area (TPSA) is 26.3 Å². The minimum Gasteiger partial charge on any atom is -0.468 e. The molecule has 0 spiro atoms. The SMILES string of the molecule is COC(=O)C(SCCC(F)F)C(C)C. The average Bonchev–Trinajstić information content (AvgIpc) is 2.10. The van der Waals surface area contributed by atoms with Gasteiger partial charge >= 0.3 is 5.97 Å². The number of methoxy groups -OCH3 is 1. The molecule has 0 fully saturated rings. The van der Waals surface area contributed by atoms with E-state index in [0.717, 1.165) is 0 Å². The van der Waals surface area contributed by atoms with Crippen LogP contribution in [-0.2, 0) is 9.53 Å². The Morgan fingerprint density at radius 3 is 2.36 bits per heavy atom. The molecule has 1 atom stereocenters. The third-order valence-corrected chi connectivity index (χ3v) is 3.24. The van der Waals surface area contributed by atoms with E-state index in [2.05, 4.69) is 4.74 Å². The van der Waals surface area contributed by atoms with E-state index < -0.39 is 6.43 Å². The first-order chi connectivity index (χ1) is 6.49. The van der Waals surface area contributed by atoms with Crippen molar-refractivity contribution in [1.82, 2.24) is 0 Å². The summed E-state index contributed by atoms with van der Waals surface area (Å²) in [5.41, 5.74) is 0. The van der Waals surface area contributed by atoms with Gasteiger partial charge in [-0.15, -0.1) is 11.8 Å². The van der Waals surface area contributed by atoms with Gasteiger partial charge < -0.3 is 4.74 Å². The van der Waals surface area contributed by atoms with Crippen molar-refractivity contribution in [3.63, 3.8) is 0 Å². The predicted octanol–water partition coefficient (Wildman–Crippen LogP) is 2.57. The standard InChI is InChI=1S/C9H16F2O2S/c1-6(2)8(9(12)13-3)14-5-4-7(10)11/h6-8H,4-5H2,1-3H3. The zero-order valence-corrected chi connectivity index (χ0v) is 9.44. The maximum atomic E-state index is 11.8. The molecule has 0 aromatic carbocycles. The third kappa shape index (κ3) is 5.42. The summed E-state index contributed by atoms with van der Waals surface area (Å²) in [5.74, 6) is 0.0553. The van der Waals surface area contributed by atoms with Crippen LogP contribution in [0.25, 0.3) is 0 Å². The summed E-state index contributed by atoms with van der Waals surface area (Å²) in [6.07, 6.45) is -2.47. The highest BCUT2D eigenvalue weighted by molar-refractivity contribution is 8.00. The molecule has 0 amide bonds. The number of hydrogen-bond donors (Lipinski definition) is 0. The molecule has 2 nitrogen and oxygen atoms in total. The lowest BCUT2D eigenvalue weighted by molar-refractivity contribution is -0.140. The second kappa shape index (κ2) is 7.04. The van der Waals surface area contributed by atoms with Crippen LogP contribution in [0.4, 0.5) is 8.78 Å². The highest BCUT2D eigenvalue weighted by atomic mass is 32.2. The van der Waals surface area contributed by atoms with Gasteiger partial charge in [0, 0.05) is 6.42 Å². The van der Waals surface area contributed by atoms with E-state index in [1.807, 2.05) is 13.8 Å². The molecule has 0 saturated heterocycles. The molecule has 0 aliphatic carbocycles. The Morgan fingerprint density at radius 1 is 1.43 bits per heavy atom. The molecular formula is C9H16F2O2S. The monoisotopic (exact) mass is 226 g/mol. The fourth-order valence-electron chi connectivity index (χ4n) is 0.933. The summed E-state index contributed by atoms with van der Waals surface area (Å²) in [6.45, 7) is 3.74. The first-order valence-electron chi connectivity index (χ1n) is 4.46. The number of esters is 1. The van der Waals surface area contributed by atoms with E-state index >= 15 is 0 Å². The van der Waals surface area contributed by atoms with Crippen LogP contribution in [0.3, 0.4) is 0 Å². The number of hydrogen-bond acceptors (Lipinski definition) is 3. The molecule has 0 aromatic rings. The molecule has 0 radical (unpaired) electrons. The van der Waals surface area contributed by atoms with Crippen LogP contribution in [0, 0.1) is 5.92 Å². The Bertz CT molecular complexity index is 174. The predicted molar refractivity (Wildman–Crippen MR) is 53.7 cm³/mol. The summed E-state index contributed by atoms with van der Waals surface area (Å²) in [6, 6.07) is 0. The lowest BCUT2D eigenvalue weighted by Gasteiger charge is -2.17. The second-order valence-electron chi connectivity index (χ2n) is 3.24. The molecule has 0 N–H and O–H groups in total. The summed E-state index contributed by atoms with van der Waals surface area (Å²) >= 11 is 1.24. The van der Waals surface area contributed by atoms with Crippen molar-refractivity contribution < 1.29 is 18.3 Å². The zero-order chi connectivity index (χ0) is 11.1. The number of rotatable bonds is 6. The van der Waals surface area contributed by atoms with Crippen molar-refractivity contribution in [2.24, 2.45) is 5.92 Å². The summed E-state index contributed by atoms with van der Waals surface area (Å²) in [7, 11) is 1.31. The number of alkyl halides is 2. The van der Waals surface area contributed by atoms with Crippen LogP contribution in [0.5, 0.6) is 0 Å². The minimum absolute atomic E-state index is 0.102. The number of carbonyl (C=O) groups excluding carboxylic acids is 1. The number of halogens is 2. The Kier molecular flexibility index (Phi) is 6.87. The van der Waals surface area contributed by atoms with Crippen molar-refractivity contribution in [2.75, 3.05) is 12.9 Å². The minimum atomic E-state index is -2.30. The van der Waals surface area contributed by atoms with Crippen molar-refractivity contribution in [3.05, 3.63) is 0 Å². The quantitative estimate of drug-likeness (QED) is 0.651. The van der Waals surface area contributed by atoms with Crippen LogP contribution in [0.1, 0.15) is 20.3 Å². The Hall–Kier alpha value is -0.320. The van der Waals surface area contributed by atoms with E-state index in [4.69, 9.17) is 0 Å². The van der Waals surface area contributed by atoms with Gasteiger partial charge in [0.05, 0.1) is 7.11 Å². The molecule has 0 aliphatic heterocycles. The molecule has 14 heavy (non-hydrogen) atoms. The first-order valence-corrected chi connectivity index (χ1v) is 5.51. The van der Waals surface area contributed by atoms with Crippen LogP contribution < -0.4 is 0 Å². The third-order valence-electron chi connectivity index (χ3n) is 1.67. The van der Waals surface area contributed by atoms with Crippen LogP contribution in [0.2, 0.25) is 0 Å². The Labute approximate surface area is 87.4 Å². The molecule has 5 heteroatoms. The molecule has 0 aromatic heterocycles. The fourth-order valence-corrected chi connectivity index (χ4v) is 2.12. The van der Waals surface area contributed by atoms with Gasteiger partial charge in [-0.05, 0) is 11.7 Å². The molecule has 0 bridgehead atoms. The Balaban J connectivity index is 3.92. The molecule has 0 rings (SSSR count). The van der Waals surface area contributed by atoms with Crippen molar-refractivity contribution in [2.45, 2.75) is 31.9 Å². The van der Waals surface area contributed by atoms with Gasteiger partial charge in [-0.25, -0.2) is 8.78 Å². The van der Waals surface area contributed by atoms with Gasteiger partial charge in [0.1, 0.15) is 5.25 Å². The van der Waals surface area contributed by atoms with Crippen LogP contribution in [-0.4, -0.2) is 30.5 Å². The molecule has 84 valence electrons. The highest BCUT2D eigenvalue weighted by Crippen LogP contribution is 2.22. The smallest absolute Gasteiger partial charge is 0.319 e. The van der Waals surface area contributed by atoms with Crippen molar-refractivity contribution in [3.8, 4) is 0 Å². The van der Waals surface area contributed by atoms with Gasteiger partial charge in [0.25, 0.3) is 0 Å². The van der Waals surface area contributed by atoms with Crippen LogP contribution in [0.15, 0.2) is 0 Å². The van der Waals surface area contributed by atoms with E-state index in [-0.39, 0.29) is 29.3 Å². The number of thioether (sulfide) groups is 1. The molecule has 0 heterocycles. The maximum Gasteiger partial charge on any atom is 0.319 e. The van der Waals surface area contributed by atoms with Crippen molar-refractivity contribution in [1.29, 1.82) is 0 Å². The molecular weight excluding hydrogens is 210 g/mol. The Morgan fingerprint density at radius 2 is 2.00 bits per heavy atom. The van der Waals surface area contributed by atoms with Crippen LogP contribution >= 0.6 is 11.8 Å². The number of ether oxygens (including phenoxy) is 1. The molecule has 1 unspecified atom stereocenters. The zero-order valence-electron chi connectivity index (χ0n) is 8.63. The number of carbonyl (C=O) groups is 1. The average molecular weight is 226 g/mol. The summed E-state index contributed by atoms with van der Waals surface area (Å²) in [4.78, 5) is 11.2. The van der Waals surface area contributed by atoms with Gasteiger partial charge in [0.2, 0.25) is 6.43 Å². The fraction of sp³-hybridized carbons (Fsp3) is 0.889. The van der Waals surface area contributed by atoms with Gasteiger partial charge in [-0.3, -0.25) is 4.79 Å². The lowest BCUT2D eigenvalue weighted by atomic mass is 10.1. The van der Waals surface area contributed by atoms with Gasteiger partial charge in [-0.2, -0.15) is 0 Å². The van der Waals surface area contributed by atoms with E-state index in [1.165, 1.54) is 18.9 Å². The summed E-state index contributed by atoms with van der Waals surface area (Å²) < 4.78 is 28.3. The first kappa shape index (κ1) is 13.7. The largest absolute Gasteiger partial charge is 0.468 e. The van der Waals surface area contributed by atoms with Gasteiger partial charge in [0.15, 0.2) is 0 Å². The lowest BCUT2D eigenvalue weighted by Crippen LogP contribution is -2.25. The highest BCUT2D eigenvalue weighted by Gasteiger charge is 2.23. The maximum absolute atomic E-state index is 11.8. The van der Waals surface area contributed by atoms with Gasteiger partial charge in [-0.1, -0.05) is 13.8 Å². The van der Waals surface area contributed by atoms with Crippen molar-refractivity contribution >= 4 is 17.7 Å².